The van der Waals surface area contributed by atoms with Crippen LogP contribution >= 0.6 is 22.7 Å². The van der Waals surface area contributed by atoms with E-state index in [0.717, 1.165) is 11.1 Å². The average molecular weight is 320 g/mol. The van der Waals surface area contributed by atoms with Gasteiger partial charge in [0.1, 0.15) is 0 Å². The molecule has 4 heteroatoms. The first-order valence-electron chi connectivity index (χ1n) is 7.07. The fourth-order valence-electron chi connectivity index (χ4n) is 3.20. The zero-order valence-corrected chi connectivity index (χ0v) is 13.2. The van der Waals surface area contributed by atoms with Gasteiger partial charge < -0.3 is 10.3 Å². The Kier molecular flexibility index (Phi) is 2.42. The minimum Gasteiger partial charge on any atom is -0.398 e. The van der Waals surface area contributed by atoms with Gasteiger partial charge in [0.05, 0.1) is 26.1 Å². The van der Waals surface area contributed by atoms with Crippen molar-refractivity contribution in [2.75, 3.05) is 5.73 Å². The maximum Gasteiger partial charge on any atom is 0.0704 e. The lowest BCUT2D eigenvalue weighted by Gasteiger charge is -2.11. The molecule has 0 saturated heterocycles. The number of rotatable bonds is 1. The molecule has 106 valence electrons. The number of hydrogen-bond donors (Lipinski definition) is 1. The van der Waals surface area contributed by atoms with Crippen molar-refractivity contribution in [1.82, 2.24) is 4.57 Å². The number of aromatic nitrogens is 1. The normalized spacial score (nSPS) is 11.8. The Bertz CT molecular complexity index is 1100. The lowest BCUT2D eigenvalue weighted by atomic mass is 10.1. The van der Waals surface area contributed by atoms with Gasteiger partial charge in [-0.25, -0.2) is 0 Å². The smallest absolute Gasteiger partial charge is 0.0704 e. The summed E-state index contributed by atoms with van der Waals surface area (Å²) in [5, 5.41) is 6.64. The first kappa shape index (κ1) is 12.3. The summed E-state index contributed by atoms with van der Waals surface area (Å²) in [7, 11) is 0. The van der Waals surface area contributed by atoms with E-state index in [1.54, 1.807) is 0 Å². The van der Waals surface area contributed by atoms with Crippen molar-refractivity contribution in [2.45, 2.75) is 0 Å². The third-order valence-corrected chi connectivity index (χ3v) is 6.12. The molecule has 5 rings (SSSR count). The third-order valence-electron chi connectivity index (χ3n) is 4.15. The van der Waals surface area contributed by atoms with Crippen LogP contribution in [0, 0.1) is 0 Å². The standard InChI is InChI=1S/C18H12N2S2/c19-13-5-1-4-12-11(13)3-2-6-14(12)20-15-7-9-21-17(15)18-16(20)8-10-22-18/h1-10H,19H2. The van der Waals surface area contributed by atoms with Gasteiger partial charge in [0, 0.05) is 16.5 Å². The largest absolute Gasteiger partial charge is 0.398 e. The van der Waals surface area contributed by atoms with Gasteiger partial charge in [0.2, 0.25) is 0 Å². The summed E-state index contributed by atoms with van der Waals surface area (Å²) in [5.41, 5.74) is 10.7. The van der Waals surface area contributed by atoms with Crippen molar-refractivity contribution >= 4 is 59.6 Å². The molecule has 0 spiro atoms. The number of nitrogens with two attached hydrogens (primary N) is 1. The van der Waals surface area contributed by atoms with Gasteiger partial charge in [0.25, 0.3) is 0 Å². The van der Waals surface area contributed by atoms with Crippen molar-refractivity contribution in [3.63, 3.8) is 0 Å². The molecule has 5 aromatic rings. The van der Waals surface area contributed by atoms with Crippen molar-refractivity contribution in [2.24, 2.45) is 0 Å². The van der Waals surface area contributed by atoms with Gasteiger partial charge in [-0.1, -0.05) is 24.3 Å². The Morgan fingerprint density at radius 1 is 0.727 bits per heavy atom. The maximum atomic E-state index is 6.16. The van der Waals surface area contributed by atoms with Crippen LogP contribution in [0.4, 0.5) is 5.69 Å². The lowest BCUT2D eigenvalue weighted by molar-refractivity contribution is 1.20. The summed E-state index contributed by atoms with van der Waals surface area (Å²) >= 11 is 3.62. The molecule has 0 aliphatic heterocycles. The van der Waals surface area contributed by atoms with Crippen LogP contribution in [0.5, 0.6) is 0 Å². The molecule has 0 bridgehead atoms. The molecule has 0 fully saturated rings. The number of nitrogen functional groups attached to an aromatic ring is 1. The van der Waals surface area contributed by atoms with Crippen molar-refractivity contribution < 1.29 is 0 Å². The maximum absolute atomic E-state index is 6.16. The summed E-state index contributed by atoms with van der Waals surface area (Å²) in [6.07, 6.45) is 0. The number of thiophene rings is 2. The molecule has 0 aliphatic rings. The van der Waals surface area contributed by atoms with E-state index in [-0.39, 0.29) is 0 Å². The topological polar surface area (TPSA) is 30.9 Å². The van der Waals surface area contributed by atoms with Gasteiger partial charge in [-0.2, -0.15) is 0 Å². The van der Waals surface area contributed by atoms with Gasteiger partial charge >= 0.3 is 0 Å². The molecule has 0 unspecified atom stereocenters. The van der Waals surface area contributed by atoms with Crippen LogP contribution in [0.1, 0.15) is 0 Å². The first-order valence-corrected chi connectivity index (χ1v) is 8.83. The van der Waals surface area contributed by atoms with Gasteiger partial charge in [0.15, 0.2) is 0 Å². The van der Waals surface area contributed by atoms with Crippen LogP contribution in [-0.2, 0) is 0 Å². The Morgan fingerprint density at radius 2 is 1.36 bits per heavy atom. The molecule has 2 nitrogen and oxygen atoms in total. The quantitative estimate of drug-likeness (QED) is 0.398. The van der Waals surface area contributed by atoms with Crippen molar-refractivity contribution in [3.05, 3.63) is 59.3 Å². The van der Waals surface area contributed by atoms with Gasteiger partial charge in [-0.3, -0.25) is 0 Å². The third kappa shape index (κ3) is 1.48. The van der Waals surface area contributed by atoms with Crippen LogP contribution < -0.4 is 5.73 Å². The van der Waals surface area contributed by atoms with E-state index in [0.29, 0.717) is 0 Å². The number of benzene rings is 2. The molecule has 2 N–H and O–H groups in total. The summed E-state index contributed by atoms with van der Waals surface area (Å²) in [5.74, 6) is 0. The highest BCUT2D eigenvalue weighted by Crippen LogP contribution is 2.40. The zero-order chi connectivity index (χ0) is 14.7. The van der Waals surface area contributed by atoms with Crippen LogP contribution in [-0.4, -0.2) is 4.57 Å². The van der Waals surface area contributed by atoms with E-state index in [1.807, 2.05) is 34.8 Å². The van der Waals surface area contributed by atoms with E-state index in [4.69, 9.17) is 5.73 Å². The molecule has 0 saturated carbocycles. The predicted octanol–water partition coefficient (Wildman–Crippen LogP) is 5.64. The van der Waals surface area contributed by atoms with E-state index in [2.05, 4.69) is 51.7 Å². The summed E-state index contributed by atoms with van der Waals surface area (Å²) in [6.45, 7) is 0. The number of fused-ring (bicyclic) bond motifs is 4. The van der Waals surface area contributed by atoms with Crippen LogP contribution in [0.15, 0.2) is 59.3 Å². The number of nitrogens with zero attached hydrogens (tertiary/aromatic N) is 1. The molecular weight excluding hydrogens is 308 g/mol. The summed E-state index contributed by atoms with van der Waals surface area (Å²) in [4.78, 5) is 0. The minimum absolute atomic E-state index is 0.828. The highest BCUT2D eigenvalue weighted by atomic mass is 32.1. The molecule has 3 aromatic heterocycles. The second-order valence-electron chi connectivity index (χ2n) is 5.32. The second-order valence-corrected chi connectivity index (χ2v) is 7.16. The predicted molar refractivity (Wildman–Crippen MR) is 98.5 cm³/mol. The molecule has 2 aromatic carbocycles. The Morgan fingerprint density at radius 3 is 2.09 bits per heavy atom. The van der Waals surface area contributed by atoms with E-state index in [9.17, 15) is 0 Å². The van der Waals surface area contributed by atoms with Gasteiger partial charge in [-0.15, -0.1) is 22.7 Å². The number of anilines is 1. The average Bonchev–Trinajstić information content (AvgIpc) is 3.20. The van der Waals surface area contributed by atoms with E-state index < -0.39 is 0 Å². The molecule has 0 aliphatic carbocycles. The number of hydrogen-bond acceptors (Lipinski definition) is 3. The SMILES string of the molecule is Nc1cccc2c(-n3c4ccsc4c4sccc43)cccc12. The monoisotopic (exact) mass is 320 g/mol. The van der Waals surface area contributed by atoms with Crippen molar-refractivity contribution in [3.8, 4) is 5.69 Å². The summed E-state index contributed by atoms with van der Waals surface area (Å²) in [6, 6.07) is 16.9. The molecule has 3 heterocycles. The highest BCUT2D eigenvalue weighted by Gasteiger charge is 2.15. The summed E-state index contributed by atoms with van der Waals surface area (Å²) < 4.78 is 5.09. The minimum atomic E-state index is 0.828. The van der Waals surface area contributed by atoms with Crippen LogP contribution in [0.2, 0.25) is 0 Å². The fraction of sp³-hybridized carbons (Fsp3) is 0. The highest BCUT2D eigenvalue weighted by molar-refractivity contribution is 7.25. The van der Waals surface area contributed by atoms with Crippen molar-refractivity contribution in [1.29, 1.82) is 0 Å². The fourth-order valence-corrected chi connectivity index (χ4v) is 5.14. The van der Waals surface area contributed by atoms with E-state index >= 15 is 0 Å². The molecule has 22 heavy (non-hydrogen) atoms. The second kappa shape index (κ2) is 4.35. The Labute approximate surface area is 135 Å². The molecular formula is C18H12N2S2. The van der Waals surface area contributed by atoms with Gasteiger partial charge in [-0.05, 0) is 35.0 Å². The Hall–Kier alpha value is -2.30. The Balaban J connectivity index is 2.01. The van der Waals surface area contributed by atoms with Crippen LogP contribution in [0.3, 0.4) is 0 Å². The zero-order valence-electron chi connectivity index (χ0n) is 11.6. The lowest BCUT2D eigenvalue weighted by Crippen LogP contribution is -1.95. The first-order chi connectivity index (χ1) is 10.8. The van der Waals surface area contributed by atoms with Crippen LogP contribution in [0.25, 0.3) is 36.9 Å². The molecule has 0 atom stereocenters. The molecule has 0 amide bonds. The van der Waals surface area contributed by atoms with E-state index in [1.165, 1.54) is 31.5 Å². The molecule has 0 radical (unpaired) electrons.